The third-order valence-electron chi connectivity index (χ3n) is 2.74. The molecule has 0 fully saturated rings. The molecule has 1 aromatic carbocycles. The lowest BCUT2D eigenvalue weighted by atomic mass is 10.1. The number of carbonyl (C=O) groups is 2. The van der Waals surface area contributed by atoms with Crippen molar-refractivity contribution in [2.24, 2.45) is 0 Å². The van der Waals surface area contributed by atoms with Crippen LogP contribution in [0.15, 0.2) is 12.1 Å². The van der Waals surface area contributed by atoms with Gasteiger partial charge in [0.2, 0.25) is 0 Å². The van der Waals surface area contributed by atoms with E-state index in [2.05, 4.69) is 4.74 Å². The van der Waals surface area contributed by atoms with E-state index in [1.165, 1.54) is 19.1 Å². The molecule has 0 atom stereocenters. The summed E-state index contributed by atoms with van der Waals surface area (Å²) in [5.74, 6) is -0.842. The number of esters is 1. The zero-order valence-corrected chi connectivity index (χ0v) is 11.2. The number of carbonyl (C=O) groups excluding carboxylic acids is 2. The number of anilines is 1. The van der Waals surface area contributed by atoms with Crippen molar-refractivity contribution in [3.05, 3.63) is 23.3 Å². The van der Waals surface area contributed by atoms with Gasteiger partial charge in [0.05, 0.1) is 14.2 Å². The number of methoxy groups -OCH3 is 2. The fraction of sp³-hybridized carbons (Fsp3) is 0.385. The van der Waals surface area contributed by atoms with Crippen LogP contribution in [-0.4, -0.2) is 33.1 Å². The van der Waals surface area contributed by atoms with Gasteiger partial charge in [-0.15, -0.1) is 0 Å². The van der Waals surface area contributed by atoms with Crippen molar-refractivity contribution in [3.63, 3.8) is 0 Å². The summed E-state index contributed by atoms with van der Waals surface area (Å²) in [6.45, 7) is 3.72. The lowest BCUT2D eigenvalue weighted by Crippen LogP contribution is -2.34. The molecule has 98 valence electrons. The van der Waals surface area contributed by atoms with E-state index < -0.39 is 11.9 Å². The maximum Gasteiger partial charge on any atom is 0.397 e. The second-order valence-corrected chi connectivity index (χ2v) is 3.96. The maximum atomic E-state index is 11.7. The highest BCUT2D eigenvalue weighted by Crippen LogP contribution is 2.28. The van der Waals surface area contributed by atoms with Gasteiger partial charge in [-0.1, -0.05) is 0 Å². The Labute approximate surface area is 106 Å². The van der Waals surface area contributed by atoms with Crippen molar-refractivity contribution in [3.8, 4) is 5.75 Å². The Morgan fingerprint density at radius 1 is 1.11 bits per heavy atom. The standard InChI is InChI=1S/C13H17NO4/c1-8-7-11(17-4)9(2)6-10(8)14(3)12(15)13(16)18-5/h6-7H,1-5H3. The first-order valence-electron chi connectivity index (χ1n) is 5.43. The molecule has 0 unspecified atom stereocenters. The van der Waals surface area contributed by atoms with Crippen LogP contribution in [0.2, 0.25) is 0 Å². The van der Waals surface area contributed by atoms with E-state index in [-0.39, 0.29) is 0 Å². The van der Waals surface area contributed by atoms with E-state index in [0.29, 0.717) is 5.69 Å². The van der Waals surface area contributed by atoms with E-state index in [0.717, 1.165) is 16.9 Å². The van der Waals surface area contributed by atoms with Crippen LogP contribution in [-0.2, 0) is 14.3 Å². The number of benzene rings is 1. The molecule has 0 N–H and O–H groups in total. The minimum absolute atomic E-state index is 0.656. The van der Waals surface area contributed by atoms with Crippen LogP contribution in [0.1, 0.15) is 11.1 Å². The number of aryl methyl sites for hydroxylation is 2. The van der Waals surface area contributed by atoms with Gasteiger partial charge in [0.15, 0.2) is 0 Å². The number of nitrogens with zero attached hydrogens (tertiary/aromatic N) is 1. The van der Waals surface area contributed by atoms with Gasteiger partial charge in [0, 0.05) is 12.7 Å². The molecule has 5 nitrogen and oxygen atoms in total. The molecule has 0 bridgehead atoms. The molecule has 0 aliphatic carbocycles. The number of hydrogen-bond donors (Lipinski definition) is 0. The highest BCUT2D eigenvalue weighted by atomic mass is 16.5. The Kier molecular flexibility index (Phi) is 4.31. The van der Waals surface area contributed by atoms with Gasteiger partial charge in [-0.05, 0) is 37.1 Å². The summed E-state index contributed by atoms with van der Waals surface area (Å²) in [5, 5.41) is 0. The van der Waals surface area contributed by atoms with E-state index in [4.69, 9.17) is 4.74 Å². The minimum Gasteiger partial charge on any atom is -0.496 e. The van der Waals surface area contributed by atoms with Crippen molar-refractivity contribution < 1.29 is 19.1 Å². The van der Waals surface area contributed by atoms with Crippen LogP contribution >= 0.6 is 0 Å². The molecular weight excluding hydrogens is 234 g/mol. The zero-order valence-electron chi connectivity index (χ0n) is 11.2. The first kappa shape index (κ1) is 14.0. The van der Waals surface area contributed by atoms with Gasteiger partial charge in [-0.25, -0.2) is 4.79 Å². The quantitative estimate of drug-likeness (QED) is 0.589. The monoisotopic (exact) mass is 251 g/mol. The third kappa shape index (κ3) is 2.61. The number of likely N-dealkylation sites (N-methyl/N-ethyl adjacent to an activating group) is 1. The van der Waals surface area contributed by atoms with Gasteiger partial charge in [-0.2, -0.15) is 0 Å². The third-order valence-corrected chi connectivity index (χ3v) is 2.74. The summed E-state index contributed by atoms with van der Waals surface area (Å²) in [4.78, 5) is 24.2. The highest BCUT2D eigenvalue weighted by molar-refractivity contribution is 6.38. The lowest BCUT2D eigenvalue weighted by molar-refractivity contribution is -0.151. The molecule has 0 saturated heterocycles. The fourth-order valence-electron chi connectivity index (χ4n) is 1.69. The average molecular weight is 251 g/mol. The van der Waals surface area contributed by atoms with Crippen molar-refractivity contribution in [2.45, 2.75) is 13.8 Å². The largest absolute Gasteiger partial charge is 0.496 e. The average Bonchev–Trinajstić information content (AvgIpc) is 2.38. The first-order valence-corrected chi connectivity index (χ1v) is 5.43. The molecule has 0 aromatic heterocycles. The Morgan fingerprint density at radius 2 is 1.72 bits per heavy atom. The molecule has 0 saturated carbocycles. The topological polar surface area (TPSA) is 55.8 Å². The van der Waals surface area contributed by atoms with Crippen LogP contribution < -0.4 is 9.64 Å². The predicted octanol–water partition coefficient (Wildman–Crippen LogP) is 1.45. The summed E-state index contributed by atoms with van der Waals surface area (Å²) in [6, 6.07) is 3.63. The zero-order chi connectivity index (χ0) is 13.9. The Balaban J connectivity index is 3.14. The predicted molar refractivity (Wildman–Crippen MR) is 67.9 cm³/mol. The van der Waals surface area contributed by atoms with Crippen LogP contribution in [0.3, 0.4) is 0 Å². The normalized spacial score (nSPS) is 9.83. The smallest absolute Gasteiger partial charge is 0.397 e. The van der Waals surface area contributed by atoms with Crippen molar-refractivity contribution in [2.75, 3.05) is 26.2 Å². The number of rotatable bonds is 2. The van der Waals surface area contributed by atoms with E-state index in [1.807, 2.05) is 19.9 Å². The molecule has 1 amide bonds. The second kappa shape index (κ2) is 5.53. The van der Waals surface area contributed by atoms with Crippen molar-refractivity contribution >= 4 is 17.6 Å². The summed E-state index contributed by atoms with van der Waals surface area (Å²) in [5.41, 5.74) is 2.39. The van der Waals surface area contributed by atoms with Gasteiger partial charge >= 0.3 is 11.9 Å². The highest BCUT2D eigenvalue weighted by Gasteiger charge is 2.22. The maximum absolute atomic E-state index is 11.7. The van der Waals surface area contributed by atoms with Crippen LogP contribution in [0, 0.1) is 13.8 Å². The molecule has 5 heteroatoms. The van der Waals surface area contributed by atoms with Crippen LogP contribution in [0.4, 0.5) is 5.69 Å². The summed E-state index contributed by atoms with van der Waals surface area (Å²) in [6.07, 6.45) is 0. The first-order chi connectivity index (χ1) is 8.42. The van der Waals surface area contributed by atoms with E-state index in [1.54, 1.807) is 13.2 Å². The molecule has 0 aliphatic heterocycles. The molecule has 0 radical (unpaired) electrons. The Hall–Kier alpha value is -2.04. The van der Waals surface area contributed by atoms with Crippen molar-refractivity contribution in [1.82, 2.24) is 0 Å². The Morgan fingerprint density at radius 3 is 2.22 bits per heavy atom. The molecule has 0 heterocycles. The van der Waals surface area contributed by atoms with Crippen LogP contribution in [0.5, 0.6) is 5.75 Å². The molecule has 18 heavy (non-hydrogen) atoms. The van der Waals surface area contributed by atoms with E-state index >= 15 is 0 Å². The number of amides is 1. The summed E-state index contributed by atoms with van der Waals surface area (Å²) < 4.78 is 9.61. The van der Waals surface area contributed by atoms with Gasteiger partial charge < -0.3 is 14.4 Å². The second-order valence-electron chi connectivity index (χ2n) is 3.96. The number of ether oxygens (including phenoxy) is 2. The van der Waals surface area contributed by atoms with Gasteiger partial charge in [-0.3, -0.25) is 4.79 Å². The lowest BCUT2D eigenvalue weighted by Gasteiger charge is -2.19. The van der Waals surface area contributed by atoms with E-state index in [9.17, 15) is 9.59 Å². The van der Waals surface area contributed by atoms with Gasteiger partial charge in [0.1, 0.15) is 5.75 Å². The SMILES string of the molecule is COC(=O)C(=O)N(C)c1cc(C)c(OC)cc1C. The molecule has 1 rings (SSSR count). The molecule has 0 aliphatic rings. The summed E-state index contributed by atoms with van der Waals surface area (Å²) in [7, 11) is 4.30. The van der Waals surface area contributed by atoms with Crippen LogP contribution in [0.25, 0.3) is 0 Å². The fourth-order valence-corrected chi connectivity index (χ4v) is 1.69. The molecular formula is C13H17NO4. The van der Waals surface area contributed by atoms with Crippen molar-refractivity contribution in [1.29, 1.82) is 0 Å². The Bertz CT molecular complexity index is 482. The molecule has 1 aromatic rings. The van der Waals surface area contributed by atoms with Gasteiger partial charge in [0.25, 0.3) is 0 Å². The minimum atomic E-state index is -0.884. The molecule has 0 spiro atoms. The summed E-state index contributed by atoms with van der Waals surface area (Å²) >= 11 is 0. The number of hydrogen-bond acceptors (Lipinski definition) is 4.